The van der Waals surface area contributed by atoms with E-state index in [1.165, 1.54) is 13.8 Å². The normalized spacial score (nSPS) is 17.9. The van der Waals surface area contributed by atoms with Crippen molar-refractivity contribution in [2.24, 2.45) is 11.8 Å². The van der Waals surface area contributed by atoms with Gasteiger partial charge in [0.2, 0.25) is 0 Å². The van der Waals surface area contributed by atoms with Crippen LogP contribution in [0.4, 0.5) is 0 Å². The second-order valence-electron chi connectivity index (χ2n) is 8.38. The predicted octanol–water partition coefficient (Wildman–Crippen LogP) is 2.98. The van der Waals surface area contributed by atoms with E-state index in [0.717, 1.165) is 16.0 Å². The zero-order chi connectivity index (χ0) is 21.5. The molecule has 3 rings (SSSR count). The second-order valence-corrected chi connectivity index (χ2v) is 8.38. The molecule has 7 nitrogen and oxygen atoms in total. The molecule has 0 aliphatic carbocycles. The summed E-state index contributed by atoms with van der Waals surface area (Å²) < 4.78 is 13.4. The highest BCUT2D eigenvalue weighted by Crippen LogP contribution is 2.38. The van der Waals surface area contributed by atoms with Crippen LogP contribution < -0.4 is 4.73 Å². The fourth-order valence-corrected chi connectivity index (χ4v) is 3.93. The van der Waals surface area contributed by atoms with Gasteiger partial charge in [-0.1, -0.05) is 44.2 Å². The van der Waals surface area contributed by atoms with E-state index in [9.17, 15) is 14.8 Å². The molecule has 1 aliphatic rings. The first-order chi connectivity index (χ1) is 13.5. The number of nitrogens with zero attached hydrogens (tertiary/aromatic N) is 2. The molecule has 1 atom stereocenters. The van der Waals surface area contributed by atoms with E-state index in [-0.39, 0.29) is 5.92 Å². The molecular formula is C22H28N2O5. The summed E-state index contributed by atoms with van der Waals surface area (Å²) in [6, 6.07) is 9.75. The van der Waals surface area contributed by atoms with Crippen molar-refractivity contribution in [1.82, 2.24) is 4.57 Å². The Hall–Kier alpha value is -2.83. The summed E-state index contributed by atoms with van der Waals surface area (Å²) in [5, 5.41) is 13.1. The van der Waals surface area contributed by atoms with Crippen molar-refractivity contribution in [3.63, 3.8) is 0 Å². The molecule has 1 saturated heterocycles. The standard InChI is InChI=1S/C22H28N2O5/c1-13(2)17(18-20(25)28-22(5,6)29-21(18)26)19-23(14(3)15(4)24(19)27)12-16-10-8-7-9-11-16/h7-11,13,17-18H,12H2,1-6H3. The summed E-state index contributed by atoms with van der Waals surface area (Å²) in [6.07, 6.45) is 0. The number of aromatic nitrogens is 2. The Balaban J connectivity index is 2.12. The Kier molecular flexibility index (Phi) is 5.43. The lowest BCUT2D eigenvalue weighted by atomic mass is 9.81. The van der Waals surface area contributed by atoms with Gasteiger partial charge in [0, 0.05) is 27.7 Å². The molecule has 1 aromatic carbocycles. The molecular weight excluding hydrogens is 372 g/mol. The van der Waals surface area contributed by atoms with Crippen LogP contribution in [0, 0.1) is 30.9 Å². The smallest absolute Gasteiger partial charge is 0.324 e. The Bertz CT molecular complexity index is 910. The third kappa shape index (κ3) is 3.86. The van der Waals surface area contributed by atoms with Crippen LogP contribution in [0.2, 0.25) is 0 Å². The zero-order valence-corrected chi connectivity index (χ0v) is 17.8. The number of hydrogen-bond donors (Lipinski definition) is 0. The second kappa shape index (κ2) is 7.54. The molecule has 0 bridgehead atoms. The van der Waals surface area contributed by atoms with E-state index >= 15 is 0 Å². The number of cyclic esters (lactones) is 2. The highest BCUT2D eigenvalue weighted by atomic mass is 16.7. The molecule has 29 heavy (non-hydrogen) atoms. The average Bonchev–Trinajstić information content (AvgIpc) is 2.82. The SMILES string of the molecule is Cc1c(C)[n+]([O-])c(C(C(C)C)C2C(=O)OC(C)(C)OC2=O)n1Cc1ccccc1. The molecule has 156 valence electrons. The molecule has 1 aromatic heterocycles. The molecule has 1 unspecified atom stereocenters. The number of imidazole rings is 1. The molecule has 0 saturated carbocycles. The predicted molar refractivity (Wildman–Crippen MR) is 106 cm³/mol. The molecule has 1 fully saturated rings. The molecule has 0 radical (unpaired) electrons. The Morgan fingerprint density at radius 2 is 1.66 bits per heavy atom. The average molecular weight is 400 g/mol. The molecule has 0 spiro atoms. The maximum atomic E-state index is 13.1. The lowest BCUT2D eigenvalue weighted by Gasteiger charge is -2.36. The van der Waals surface area contributed by atoms with Crippen LogP contribution in [0.25, 0.3) is 0 Å². The first-order valence-corrected chi connectivity index (χ1v) is 9.82. The number of benzene rings is 1. The van der Waals surface area contributed by atoms with E-state index in [0.29, 0.717) is 18.1 Å². The topological polar surface area (TPSA) is 84.5 Å². The van der Waals surface area contributed by atoms with Gasteiger partial charge in [-0.15, -0.1) is 0 Å². The molecule has 0 amide bonds. The van der Waals surface area contributed by atoms with E-state index in [2.05, 4.69) is 0 Å². The van der Waals surface area contributed by atoms with Gasteiger partial charge in [0.15, 0.2) is 5.92 Å². The van der Waals surface area contributed by atoms with Gasteiger partial charge in [-0.05, 0) is 11.5 Å². The highest BCUT2D eigenvalue weighted by molar-refractivity contribution is 5.97. The third-order valence-electron chi connectivity index (χ3n) is 5.48. The largest absolute Gasteiger partial charge is 0.711 e. The molecule has 2 heterocycles. The summed E-state index contributed by atoms with van der Waals surface area (Å²) in [6.45, 7) is 10.9. The molecule has 7 heteroatoms. The minimum Gasteiger partial charge on any atom is -0.711 e. The Morgan fingerprint density at radius 3 is 2.17 bits per heavy atom. The van der Waals surface area contributed by atoms with Crippen LogP contribution in [-0.4, -0.2) is 22.3 Å². The molecule has 0 N–H and O–H groups in total. The number of carbonyl (C=O) groups excluding carboxylic acids is 2. The van der Waals surface area contributed by atoms with Crippen molar-refractivity contribution in [2.75, 3.05) is 0 Å². The van der Waals surface area contributed by atoms with Gasteiger partial charge in [0.1, 0.15) is 17.9 Å². The van der Waals surface area contributed by atoms with E-state index < -0.39 is 29.6 Å². The van der Waals surface area contributed by atoms with Crippen molar-refractivity contribution >= 4 is 11.9 Å². The van der Waals surface area contributed by atoms with Crippen molar-refractivity contribution < 1.29 is 23.8 Å². The summed E-state index contributed by atoms with van der Waals surface area (Å²) in [7, 11) is 0. The Morgan fingerprint density at radius 1 is 1.10 bits per heavy atom. The van der Waals surface area contributed by atoms with Crippen LogP contribution in [0.1, 0.15) is 56.4 Å². The van der Waals surface area contributed by atoms with Gasteiger partial charge in [0.05, 0.1) is 5.92 Å². The van der Waals surface area contributed by atoms with Crippen LogP contribution in [0.5, 0.6) is 0 Å². The Labute approximate surface area is 170 Å². The van der Waals surface area contributed by atoms with Gasteiger partial charge < -0.3 is 14.7 Å². The van der Waals surface area contributed by atoms with E-state index in [1.54, 1.807) is 6.92 Å². The van der Waals surface area contributed by atoms with Crippen LogP contribution in [0.15, 0.2) is 30.3 Å². The highest BCUT2D eigenvalue weighted by Gasteiger charge is 2.52. The van der Waals surface area contributed by atoms with Crippen LogP contribution >= 0.6 is 0 Å². The van der Waals surface area contributed by atoms with Gasteiger partial charge >= 0.3 is 11.9 Å². The number of rotatable bonds is 5. The fourth-order valence-electron chi connectivity index (χ4n) is 3.93. The lowest BCUT2D eigenvalue weighted by Crippen LogP contribution is -2.51. The number of carbonyl (C=O) groups is 2. The molecule has 2 aromatic rings. The van der Waals surface area contributed by atoms with Crippen molar-refractivity contribution in [1.29, 1.82) is 0 Å². The van der Waals surface area contributed by atoms with Gasteiger partial charge in [-0.25, -0.2) is 9.30 Å². The maximum Gasteiger partial charge on any atom is 0.324 e. The summed E-state index contributed by atoms with van der Waals surface area (Å²) >= 11 is 0. The summed E-state index contributed by atoms with van der Waals surface area (Å²) in [4.78, 5) is 25.5. The summed E-state index contributed by atoms with van der Waals surface area (Å²) in [5.41, 5.74) is 2.35. The van der Waals surface area contributed by atoms with Crippen LogP contribution in [-0.2, 0) is 25.6 Å². The fraction of sp³-hybridized carbons (Fsp3) is 0.500. The van der Waals surface area contributed by atoms with Crippen LogP contribution in [0.3, 0.4) is 0 Å². The van der Waals surface area contributed by atoms with Crippen molar-refractivity contribution in [3.8, 4) is 0 Å². The quantitative estimate of drug-likeness (QED) is 0.333. The van der Waals surface area contributed by atoms with Crippen molar-refractivity contribution in [2.45, 2.75) is 59.8 Å². The number of esters is 2. The van der Waals surface area contributed by atoms with Crippen molar-refractivity contribution in [3.05, 3.63) is 58.3 Å². The van der Waals surface area contributed by atoms with Gasteiger partial charge in [-0.2, -0.15) is 0 Å². The van der Waals surface area contributed by atoms with Gasteiger partial charge in [-0.3, -0.25) is 9.59 Å². The minimum absolute atomic E-state index is 0.176. The summed E-state index contributed by atoms with van der Waals surface area (Å²) in [5.74, 6) is -4.30. The molecule has 1 aliphatic heterocycles. The first-order valence-electron chi connectivity index (χ1n) is 9.82. The number of hydrogen-bond acceptors (Lipinski definition) is 5. The minimum atomic E-state index is -1.31. The lowest BCUT2D eigenvalue weighted by molar-refractivity contribution is -0.622. The van der Waals surface area contributed by atoms with E-state index in [4.69, 9.17) is 9.47 Å². The van der Waals surface area contributed by atoms with E-state index in [1.807, 2.05) is 55.7 Å². The van der Waals surface area contributed by atoms with Gasteiger partial charge in [0.25, 0.3) is 11.6 Å². The zero-order valence-electron chi connectivity index (χ0n) is 17.8. The third-order valence-corrected chi connectivity index (χ3v) is 5.48. The monoisotopic (exact) mass is 400 g/mol. The number of ether oxygens (including phenoxy) is 2. The maximum absolute atomic E-state index is 13.1. The first kappa shape index (κ1) is 20.9.